The van der Waals surface area contributed by atoms with Crippen LogP contribution in [0, 0.1) is 0 Å². The van der Waals surface area contributed by atoms with Gasteiger partial charge in [0, 0.05) is 18.5 Å². The molecule has 0 aliphatic heterocycles. The van der Waals surface area contributed by atoms with Crippen LogP contribution in [0.2, 0.25) is 0 Å². The quantitative estimate of drug-likeness (QED) is 0.761. The van der Waals surface area contributed by atoms with Gasteiger partial charge in [-0.2, -0.15) is 0 Å². The Bertz CT molecular complexity index is 337. The van der Waals surface area contributed by atoms with E-state index in [4.69, 9.17) is 5.73 Å². The van der Waals surface area contributed by atoms with Gasteiger partial charge in [0.2, 0.25) is 5.91 Å². The summed E-state index contributed by atoms with van der Waals surface area (Å²) in [5.41, 5.74) is 6.47. The minimum absolute atomic E-state index is 0.115. The van der Waals surface area contributed by atoms with E-state index in [2.05, 4.69) is 24.4 Å². The molecule has 3 heteroatoms. The van der Waals surface area contributed by atoms with Crippen LogP contribution in [0.5, 0.6) is 0 Å². The fourth-order valence-electron chi connectivity index (χ4n) is 2.02. The summed E-state index contributed by atoms with van der Waals surface area (Å²) in [5, 5.41) is 3.46. The predicted octanol–water partition coefficient (Wildman–Crippen LogP) is 2.38. The number of hydrogen-bond donors (Lipinski definition) is 2. The highest BCUT2D eigenvalue weighted by molar-refractivity contribution is 5.74. The average molecular weight is 234 g/mol. The van der Waals surface area contributed by atoms with Gasteiger partial charge in [0.25, 0.3) is 0 Å². The van der Waals surface area contributed by atoms with Gasteiger partial charge < -0.3 is 11.1 Å². The van der Waals surface area contributed by atoms with E-state index in [9.17, 15) is 4.79 Å². The molecule has 0 saturated carbocycles. The normalized spacial score (nSPS) is 14.2. The minimum Gasteiger partial charge on any atom is -0.370 e. The highest BCUT2D eigenvalue weighted by Crippen LogP contribution is 2.19. The van der Waals surface area contributed by atoms with E-state index in [1.807, 2.05) is 25.1 Å². The van der Waals surface area contributed by atoms with Crippen molar-refractivity contribution in [3.8, 4) is 0 Å². The summed E-state index contributed by atoms with van der Waals surface area (Å²) in [7, 11) is 0. The van der Waals surface area contributed by atoms with Gasteiger partial charge in [0.15, 0.2) is 0 Å². The Morgan fingerprint density at radius 3 is 2.53 bits per heavy atom. The molecule has 1 amide bonds. The number of hydrogen-bond acceptors (Lipinski definition) is 2. The van der Waals surface area contributed by atoms with Crippen LogP contribution >= 0.6 is 0 Å². The zero-order valence-electron chi connectivity index (χ0n) is 10.6. The molecule has 94 valence electrons. The number of rotatable bonds is 7. The van der Waals surface area contributed by atoms with E-state index < -0.39 is 0 Å². The number of benzene rings is 1. The second-order valence-electron chi connectivity index (χ2n) is 4.49. The molecule has 1 rings (SSSR count). The van der Waals surface area contributed by atoms with Crippen LogP contribution in [0.25, 0.3) is 0 Å². The monoisotopic (exact) mass is 234 g/mol. The van der Waals surface area contributed by atoms with E-state index in [0.29, 0.717) is 12.5 Å². The summed E-state index contributed by atoms with van der Waals surface area (Å²) >= 11 is 0. The third kappa shape index (κ3) is 5.00. The molecule has 3 N–H and O–H groups in total. The first kappa shape index (κ1) is 13.7. The van der Waals surface area contributed by atoms with Crippen molar-refractivity contribution in [2.45, 2.75) is 45.2 Å². The molecular formula is C14H22N2O. The molecule has 0 aliphatic carbocycles. The van der Waals surface area contributed by atoms with Gasteiger partial charge in [-0.1, -0.05) is 43.7 Å². The first-order chi connectivity index (χ1) is 8.13. The Kier molecular flexibility index (Phi) is 5.70. The number of amides is 1. The number of primary amides is 1. The van der Waals surface area contributed by atoms with Crippen molar-refractivity contribution in [3.05, 3.63) is 35.9 Å². The molecule has 17 heavy (non-hydrogen) atoms. The fraction of sp³-hybridized carbons (Fsp3) is 0.500. The standard InChI is InChI=1S/C14H22N2O/c1-3-7-13(12-8-5-4-6-9-12)16-11(2)10-14(15)17/h4-6,8-9,11,13,16H,3,7,10H2,1-2H3,(H2,15,17). The zero-order valence-corrected chi connectivity index (χ0v) is 10.6. The third-order valence-electron chi connectivity index (χ3n) is 2.77. The first-order valence-corrected chi connectivity index (χ1v) is 6.22. The van der Waals surface area contributed by atoms with E-state index in [-0.39, 0.29) is 11.9 Å². The molecule has 0 fully saturated rings. The molecule has 0 saturated heterocycles. The van der Waals surface area contributed by atoms with Crippen LogP contribution in [-0.2, 0) is 4.79 Å². The van der Waals surface area contributed by atoms with Crippen molar-refractivity contribution >= 4 is 5.91 Å². The van der Waals surface area contributed by atoms with Crippen LogP contribution in [-0.4, -0.2) is 11.9 Å². The van der Waals surface area contributed by atoms with Crippen molar-refractivity contribution < 1.29 is 4.79 Å². The Morgan fingerprint density at radius 1 is 1.35 bits per heavy atom. The lowest BCUT2D eigenvalue weighted by Crippen LogP contribution is -2.34. The molecule has 0 heterocycles. The molecule has 0 radical (unpaired) electrons. The smallest absolute Gasteiger partial charge is 0.218 e. The van der Waals surface area contributed by atoms with Crippen molar-refractivity contribution in [2.24, 2.45) is 5.73 Å². The van der Waals surface area contributed by atoms with Crippen LogP contribution in [0.4, 0.5) is 0 Å². The summed E-state index contributed by atoms with van der Waals surface area (Å²) in [6.45, 7) is 4.16. The maximum atomic E-state index is 10.9. The van der Waals surface area contributed by atoms with Gasteiger partial charge in [0.1, 0.15) is 0 Å². The van der Waals surface area contributed by atoms with Crippen LogP contribution in [0.3, 0.4) is 0 Å². The third-order valence-corrected chi connectivity index (χ3v) is 2.77. The molecule has 1 aromatic carbocycles. The van der Waals surface area contributed by atoms with Crippen molar-refractivity contribution in [2.75, 3.05) is 0 Å². The lowest BCUT2D eigenvalue weighted by atomic mass is 10.0. The molecule has 2 unspecified atom stereocenters. The van der Waals surface area contributed by atoms with Crippen molar-refractivity contribution in [3.63, 3.8) is 0 Å². The summed E-state index contributed by atoms with van der Waals surface area (Å²) < 4.78 is 0. The molecule has 0 spiro atoms. The molecule has 0 aliphatic rings. The van der Waals surface area contributed by atoms with Gasteiger partial charge in [-0.05, 0) is 18.9 Å². The van der Waals surface area contributed by atoms with Crippen molar-refractivity contribution in [1.82, 2.24) is 5.32 Å². The summed E-state index contributed by atoms with van der Waals surface area (Å²) in [6, 6.07) is 10.7. The minimum atomic E-state index is -0.256. The van der Waals surface area contributed by atoms with Crippen molar-refractivity contribution in [1.29, 1.82) is 0 Å². The second kappa shape index (κ2) is 7.07. The summed E-state index contributed by atoms with van der Waals surface area (Å²) in [6.07, 6.45) is 2.55. The maximum absolute atomic E-state index is 10.9. The molecule has 3 nitrogen and oxygen atoms in total. The summed E-state index contributed by atoms with van der Waals surface area (Å²) in [4.78, 5) is 10.9. The predicted molar refractivity (Wildman–Crippen MR) is 70.5 cm³/mol. The van der Waals surface area contributed by atoms with Gasteiger partial charge in [0.05, 0.1) is 0 Å². The topological polar surface area (TPSA) is 55.1 Å². The Hall–Kier alpha value is -1.35. The van der Waals surface area contributed by atoms with Gasteiger partial charge in [-0.25, -0.2) is 0 Å². The van der Waals surface area contributed by atoms with Gasteiger partial charge >= 0.3 is 0 Å². The van der Waals surface area contributed by atoms with Gasteiger partial charge in [-0.3, -0.25) is 4.79 Å². The van der Waals surface area contributed by atoms with Gasteiger partial charge in [-0.15, -0.1) is 0 Å². The molecule has 0 aromatic heterocycles. The number of nitrogens with one attached hydrogen (secondary N) is 1. The first-order valence-electron chi connectivity index (χ1n) is 6.22. The average Bonchev–Trinajstić information content (AvgIpc) is 2.28. The number of carbonyl (C=O) groups is 1. The number of carbonyl (C=O) groups excluding carboxylic acids is 1. The summed E-state index contributed by atoms with van der Waals surface area (Å²) in [5.74, 6) is -0.256. The molecule has 2 atom stereocenters. The zero-order chi connectivity index (χ0) is 12.7. The fourth-order valence-corrected chi connectivity index (χ4v) is 2.02. The second-order valence-corrected chi connectivity index (χ2v) is 4.49. The van der Waals surface area contributed by atoms with E-state index in [0.717, 1.165) is 12.8 Å². The largest absolute Gasteiger partial charge is 0.370 e. The van der Waals surface area contributed by atoms with Crippen LogP contribution in [0.1, 0.15) is 44.7 Å². The highest BCUT2D eigenvalue weighted by Gasteiger charge is 2.14. The highest BCUT2D eigenvalue weighted by atomic mass is 16.1. The van der Waals surface area contributed by atoms with Crippen LogP contribution in [0.15, 0.2) is 30.3 Å². The van der Waals surface area contributed by atoms with E-state index in [1.54, 1.807) is 0 Å². The molecular weight excluding hydrogens is 212 g/mol. The number of nitrogens with two attached hydrogens (primary N) is 1. The maximum Gasteiger partial charge on any atom is 0.218 e. The lowest BCUT2D eigenvalue weighted by Gasteiger charge is -2.22. The van der Waals surface area contributed by atoms with E-state index in [1.165, 1.54) is 5.56 Å². The SMILES string of the molecule is CCCC(NC(C)CC(N)=O)c1ccccc1. The Balaban J connectivity index is 2.63. The molecule has 0 bridgehead atoms. The Morgan fingerprint density at radius 2 is 2.00 bits per heavy atom. The molecule has 1 aromatic rings. The Labute approximate surface area is 103 Å². The van der Waals surface area contributed by atoms with E-state index >= 15 is 0 Å². The van der Waals surface area contributed by atoms with Crippen LogP contribution < -0.4 is 11.1 Å². The lowest BCUT2D eigenvalue weighted by molar-refractivity contribution is -0.118.